The van der Waals surface area contributed by atoms with Crippen molar-refractivity contribution in [1.82, 2.24) is 14.9 Å². The number of rotatable bonds is 9. The number of benzene rings is 3. The molecule has 0 spiro atoms. The summed E-state index contributed by atoms with van der Waals surface area (Å²) in [4.78, 5) is 18.1. The number of aryl methyl sites for hydroxylation is 1. The molecule has 0 fully saturated rings. The smallest absolute Gasteiger partial charge is 0.255 e. The number of aliphatic hydroxyl groups excluding tert-OH is 1. The summed E-state index contributed by atoms with van der Waals surface area (Å²) in [6, 6.07) is 23.4. The highest BCUT2D eigenvalue weighted by molar-refractivity contribution is 5.99. The van der Waals surface area contributed by atoms with E-state index in [4.69, 9.17) is 4.74 Å². The summed E-state index contributed by atoms with van der Waals surface area (Å²) in [5, 5.41) is 15.3. The Bertz CT molecular complexity index is 1560. The maximum absolute atomic E-state index is 13.5. The molecule has 0 aliphatic heterocycles. The Morgan fingerprint density at radius 2 is 1.86 bits per heavy atom. The van der Waals surface area contributed by atoms with Crippen molar-refractivity contribution in [3.8, 4) is 16.9 Å². The number of hydrogen-bond acceptors (Lipinski definition) is 4. The second-order valence-corrected chi connectivity index (χ2v) is 9.32. The molecule has 5 rings (SSSR count). The van der Waals surface area contributed by atoms with Crippen LogP contribution in [0.5, 0.6) is 5.75 Å². The van der Waals surface area contributed by atoms with Crippen molar-refractivity contribution in [3.05, 3.63) is 96.3 Å². The van der Waals surface area contributed by atoms with Gasteiger partial charge in [-0.25, -0.2) is 0 Å². The summed E-state index contributed by atoms with van der Waals surface area (Å²) in [5.74, 6) is 0.250. The molecular formula is C31H31N3O3. The van der Waals surface area contributed by atoms with Gasteiger partial charge in [-0.15, -0.1) is 0 Å². The van der Waals surface area contributed by atoms with Crippen LogP contribution in [0, 0.1) is 0 Å². The molecule has 2 aromatic heterocycles. The van der Waals surface area contributed by atoms with E-state index in [1.807, 2.05) is 74.8 Å². The van der Waals surface area contributed by atoms with Crippen LogP contribution in [0.2, 0.25) is 0 Å². The van der Waals surface area contributed by atoms with Gasteiger partial charge < -0.3 is 19.7 Å². The van der Waals surface area contributed by atoms with Gasteiger partial charge in [0.05, 0.1) is 30.3 Å². The van der Waals surface area contributed by atoms with E-state index in [-0.39, 0.29) is 12.5 Å². The zero-order chi connectivity index (χ0) is 25.8. The standard InChI is InChI=1S/C31H31N3O3/c1-3-14-37-30-13-12-21(23-15-22-8-4-6-10-28(22)32-18-23)17-27(30)31(36)33-25(20-35)16-24-19-34(2)29-11-7-5-9-26(24)29/h4-13,15,17-19,25,35H,3,14,16,20H2,1-2H3,(H,33,36)/t25-/m1/s1. The predicted octanol–water partition coefficient (Wildman–Crippen LogP) is 5.52. The lowest BCUT2D eigenvalue weighted by Gasteiger charge is -2.18. The van der Waals surface area contributed by atoms with Gasteiger partial charge in [-0.1, -0.05) is 49.4 Å². The lowest BCUT2D eigenvalue weighted by molar-refractivity contribution is 0.0912. The minimum atomic E-state index is -0.441. The van der Waals surface area contributed by atoms with Gasteiger partial charge in [0.25, 0.3) is 5.91 Å². The number of ether oxygens (including phenoxy) is 1. The Hall–Kier alpha value is -4.16. The van der Waals surface area contributed by atoms with E-state index in [2.05, 4.69) is 39.3 Å². The first-order valence-corrected chi connectivity index (χ1v) is 12.6. The fourth-order valence-electron chi connectivity index (χ4n) is 4.73. The highest BCUT2D eigenvalue weighted by Crippen LogP contribution is 2.29. The molecule has 0 unspecified atom stereocenters. The molecule has 0 saturated heterocycles. The molecule has 188 valence electrons. The molecule has 1 atom stereocenters. The van der Waals surface area contributed by atoms with Crippen molar-refractivity contribution < 1.29 is 14.6 Å². The quantitative estimate of drug-likeness (QED) is 0.284. The second-order valence-electron chi connectivity index (χ2n) is 9.32. The third kappa shape index (κ3) is 5.20. The third-order valence-corrected chi connectivity index (χ3v) is 6.61. The molecule has 1 amide bonds. The molecular weight excluding hydrogens is 462 g/mol. The van der Waals surface area contributed by atoms with Gasteiger partial charge in [0.1, 0.15) is 5.75 Å². The number of para-hydroxylation sites is 2. The summed E-state index contributed by atoms with van der Waals surface area (Å²) in [6.07, 6.45) is 5.23. The fraction of sp³-hybridized carbons (Fsp3) is 0.226. The molecule has 5 aromatic rings. The van der Waals surface area contributed by atoms with Crippen LogP contribution in [0.4, 0.5) is 0 Å². The number of aliphatic hydroxyl groups is 1. The molecule has 0 aliphatic carbocycles. The number of carbonyl (C=O) groups excluding carboxylic acids is 1. The van der Waals surface area contributed by atoms with Crippen molar-refractivity contribution in [3.63, 3.8) is 0 Å². The third-order valence-electron chi connectivity index (χ3n) is 6.61. The molecule has 37 heavy (non-hydrogen) atoms. The van der Waals surface area contributed by atoms with Crippen LogP contribution in [-0.2, 0) is 13.5 Å². The molecule has 2 heterocycles. The van der Waals surface area contributed by atoms with Gasteiger partial charge in [0, 0.05) is 41.3 Å². The number of carbonyl (C=O) groups is 1. The molecule has 2 N–H and O–H groups in total. The maximum Gasteiger partial charge on any atom is 0.255 e. The summed E-state index contributed by atoms with van der Waals surface area (Å²) >= 11 is 0. The Kier molecular flexibility index (Phi) is 7.19. The van der Waals surface area contributed by atoms with Crippen molar-refractivity contribution >= 4 is 27.7 Å². The molecule has 0 bridgehead atoms. The van der Waals surface area contributed by atoms with Crippen molar-refractivity contribution in [1.29, 1.82) is 0 Å². The van der Waals surface area contributed by atoms with Crippen LogP contribution < -0.4 is 10.1 Å². The average Bonchev–Trinajstić information content (AvgIpc) is 3.26. The SMILES string of the molecule is CCCOc1ccc(-c2cnc3ccccc3c2)cc1C(=O)N[C@@H](CO)Cc1cn(C)c2ccccc12. The summed E-state index contributed by atoms with van der Waals surface area (Å²) in [7, 11) is 2.00. The largest absolute Gasteiger partial charge is 0.493 e. The van der Waals surface area contributed by atoms with Crippen molar-refractivity contribution in [2.24, 2.45) is 7.05 Å². The Morgan fingerprint density at radius 3 is 2.70 bits per heavy atom. The van der Waals surface area contributed by atoms with Gasteiger partial charge in [-0.3, -0.25) is 9.78 Å². The van der Waals surface area contributed by atoms with Crippen LogP contribution in [0.15, 0.2) is 85.2 Å². The summed E-state index contributed by atoms with van der Waals surface area (Å²) in [6.45, 7) is 2.37. The molecule has 0 aliphatic rings. The zero-order valence-electron chi connectivity index (χ0n) is 21.1. The van der Waals surface area contributed by atoms with Crippen LogP contribution in [0.1, 0.15) is 29.3 Å². The second kappa shape index (κ2) is 10.8. The van der Waals surface area contributed by atoms with E-state index < -0.39 is 6.04 Å². The number of hydrogen-bond donors (Lipinski definition) is 2. The number of aromatic nitrogens is 2. The van der Waals surface area contributed by atoms with Crippen LogP contribution >= 0.6 is 0 Å². The lowest BCUT2D eigenvalue weighted by atomic mass is 10.0. The first kappa shape index (κ1) is 24.5. The Balaban J connectivity index is 1.43. The van der Waals surface area contributed by atoms with Crippen LogP contribution in [-0.4, -0.2) is 39.8 Å². The van der Waals surface area contributed by atoms with E-state index in [9.17, 15) is 9.90 Å². The van der Waals surface area contributed by atoms with Gasteiger partial charge in [0.15, 0.2) is 0 Å². The number of amides is 1. The molecule has 0 radical (unpaired) electrons. The molecule has 6 nitrogen and oxygen atoms in total. The Labute approximate surface area is 216 Å². The normalized spacial score (nSPS) is 12.1. The molecule has 3 aromatic carbocycles. The monoisotopic (exact) mass is 493 g/mol. The van der Waals surface area contributed by atoms with Gasteiger partial charge in [-0.2, -0.15) is 0 Å². The topological polar surface area (TPSA) is 76.4 Å². The minimum absolute atomic E-state index is 0.172. The molecule has 0 saturated carbocycles. The van der Waals surface area contributed by atoms with E-state index in [0.717, 1.165) is 44.9 Å². The van der Waals surface area contributed by atoms with Gasteiger partial charge >= 0.3 is 0 Å². The first-order chi connectivity index (χ1) is 18.1. The van der Waals surface area contributed by atoms with E-state index in [1.54, 1.807) is 0 Å². The summed E-state index contributed by atoms with van der Waals surface area (Å²) < 4.78 is 7.99. The first-order valence-electron chi connectivity index (χ1n) is 12.6. The number of pyridine rings is 1. The minimum Gasteiger partial charge on any atom is -0.493 e. The highest BCUT2D eigenvalue weighted by atomic mass is 16.5. The lowest BCUT2D eigenvalue weighted by Crippen LogP contribution is -2.39. The number of fused-ring (bicyclic) bond motifs is 2. The number of nitrogens with one attached hydrogen (secondary N) is 1. The average molecular weight is 494 g/mol. The zero-order valence-corrected chi connectivity index (χ0v) is 21.1. The van der Waals surface area contributed by atoms with E-state index >= 15 is 0 Å². The summed E-state index contributed by atoms with van der Waals surface area (Å²) in [5.41, 5.74) is 5.36. The van der Waals surface area contributed by atoms with Crippen molar-refractivity contribution in [2.45, 2.75) is 25.8 Å². The highest BCUT2D eigenvalue weighted by Gasteiger charge is 2.20. The number of nitrogens with zero attached hydrogens (tertiary/aromatic N) is 2. The maximum atomic E-state index is 13.5. The van der Waals surface area contributed by atoms with E-state index in [0.29, 0.717) is 24.3 Å². The van der Waals surface area contributed by atoms with Gasteiger partial charge in [-0.05, 0) is 54.3 Å². The molecule has 6 heteroatoms. The van der Waals surface area contributed by atoms with Crippen LogP contribution in [0.3, 0.4) is 0 Å². The predicted molar refractivity (Wildman–Crippen MR) is 148 cm³/mol. The van der Waals surface area contributed by atoms with Crippen molar-refractivity contribution in [2.75, 3.05) is 13.2 Å². The fourth-order valence-corrected chi connectivity index (χ4v) is 4.73. The Morgan fingerprint density at radius 1 is 1.05 bits per heavy atom. The van der Waals surface area contributed by atoms with Gasteiger partial charge in [0.2, 0.25) is 0 Å². The van der Waals surface area contributed by atoms with E-state index in [1.165, 1.54) is 0 Å². The van der Waals surface area contributed by atoms with Crippen LogP contribution in [0.25, 0.3) is 32.9 Å².